The maximum atomic E-state index is 12.2. The highest BCUT2D eigenvalue weighted by atomic mass is 32.2. The lowest BCUT2D eigenvalue weighted by molar-refractivity contribution is 0.0951. The first-order valence-electron chi connectivity index (χ1n) is 6.93. The van der Waals surface area contributed by atoms with Crippen LogP contribution in [0.4, 0.5) is 0 Å². The molecule has 0 fully saturated rings. The van der Waals surface area contributed by atoms with Crippen LogP contribution in [0.3, 0.4) is 0 Å². The predicted octanol–water partition coefficient (Wildman–Crippen LogP) is 2.60. The van der Waals surface area contributed by atoms with E-state index in [1.807, 2.05) is 25.3 Å². The van der Waals surface area contributed by atoms with Crippen LogP contribution in [0.15, 0.2) is 18.2 Å². The number of carbonyl (C=O) groups excluding carboxylic acids is 1. The predicted molar refractivity (Wildman–Crippen MR) is 89.7 cm³/mol. The molecule has 0 spiro atoms. The number of rotatable bonds is 5. The summed E-state index contributed by atoms with van der Waals surface area (Å²) in [6, 6.07) is 5.52. The van der Waals surface area contributed by atoms with Gasteiger partial charge in [-0.1, -0.05) is 17.9 Å². The first-order valence-corrected chi connectivity index (χ1v) is 8.16. The summed E-state index contributed by atoms with van der Waals surface area (Å²) < 4.78 is 0.0180. The van der Waals surface area contributed by atoms with Gasteiger partial charge in [-0.25, -0.2) is 0 Å². The summed E-state index contributed by atoms with van der Waals surface area (Å²) in [5.41, 5.74) is 2.48. The van der Waals surface area contributed by atoms with Gasteiger partial charge in [-0.2, -0.15) is 11.8 Å². The number of aliphatic hydroxyl groups is 1. The van der Waals surface area contributed by atoms with Crippen LogP contribution < -0.4 is 5.32 Å². The number of aliphatic hydroxyl groups excluding tert-OH is 1. The van der Waals surface area contributed by atoms with Gasteiger partial charge in [-0.3, -0.25) is 4.79 Å². The Kier molecular flexibility index (Phi) is 6.80. The van der Waals surface area contributed by atoms with Crippen LogP contribution in [0.25, 0.3) is 0 Å². The van der Waals surface area contributed by atoms with Gasteiger partial charge < -0.3 is 10.4 Å². The number of amides is 1. The smallest absolute Gasteiger partial charge is 0.251 e. The number of aryl methyl sites for hydroxylation is 1. The van der Waals surface area contributed by atoms with Gasteiger partial charge >= 0.3 is 0 Å². The van der Waals surface area contributed by atoms with Crippen LogP contribution in [0, 0.1) is 18.8 Å². The van der Waals surface area contributed by atoms with E-state index in [2.05, 4.69) is 31.0 Å². The van der Waals surface area contributed by atoms with Crippen molar-refractivity contribution in [3.8, 4) is 11.8 Å². The van der Waals surface area contributed by atoms with Crippen molar-refractivity contribution in [3.63, 3.8) is 0 Å². The minimum absolute atomic E-state index is 0.0180. The minimum atomic E-state index is -0.0812. The molecule has 3 nitrogen and oxygen atoms in total. The minimum Gasteiger partial charge on any atom is -0.395 e. The van der Waals surface area contributed by atoms with E-state index in [4.69, 9.17) is 5.11 Å². The van der Waals surface area contributed by atoms with Crippen LogP contribution in [0.2, 0.25) is 0 Å². The van der Waals surface area contributed by atoms with Gasteiger partial charge in [0, 0.05) is 28.8 Å². The summed E-state index contributed by atoms with van der Waals surface area (Å²) in [5, 5.41) is 11.7. The van der Waals surface area contributed by atoms with Crippen LogP contribution >= 0.6 is 11.8 Å². The molecule has 0 aliphatic heterocycles. The Morgan fingerprint density at radius 2 is 2.14 bits per heavy atom. The second-order valence-corrected chi connectivity index (χ2v) is 6.96. The van der Waals surface area contributed by atoms with Crippen LogP contribution in [0.1, 0.15) is 41.8 Å². The molecule has 0 aliphatic rings. The lowest BCUT2D eigenvalue weighted by Gasteiger charge is -2.22. The van der Waals surface area contributed by atoms with Crippen molar-refractivity contribution in [2.24, 2.45) is 0 Å². The van der Waals surface area contributed by atoms with Crippen molar-refractivity contribution in [2.45, 2.75) is 31.9 Å². The topological polar surface area (TPSA) is 49.3 Å². The fourth-order valence-corrected chi connectivity index (χ4v) is 1.80. The quantitative estimate of drug-likeness (QED) is 0.822. The van der Waals surface area contributed by atoms with Crippen molar-refractivity contribution < 1.29 is 9.90 Å². The second-order valence-electron chi connectivity index (χ2n) is 5.45. The fourth-order valence-electron chi connectivity index (χ4n) is 1.58. The van der Waals surface area contributed by atoms with Crippen molar-refractivity contribution >= 4 is 17.7 Å². The van der Waals surface area contributed by atoms with Crippen molar-refractivity contribution in [1.29, 1.82) is 0 Å². The monoisotopic (exact) mass is 305 g/mol. The maximum absolute atomic E-state index is 12.2. The number of carbonyl (C=O) groups is 1. The molecule has 4 heteroatoms. The molecule has 0 heterocycles. The molecule has 0 aliphatic carbocycles. The third kappa shape index (κ3) is 5.82. The van der Waals surface area contributed by atoms with Gasteiger partial charge in [0.2, 0.25) is 0 Å². The van der Waals surface area contributed by atoms with Gasteiger partial charge in [-0.05, 0) is 44.7 Å². The molecule has 0 saturated carbocycles. The van der Waals surface area contributed by atoms with E-state index in [1.54, 1.807) is 17.8 Å². The zero-order chi connectivity index (χ0) is 15.9. The highest BCUT2D eigenvalue weighted by Gasteiger charge is 2.17. The molecule has 114 valence electrons. The molecular formula is C17H23NO2S. The van der Waals surface area contributed by atoms with E-state index >= 15 is 0 Å². The molecule has 0 aromatic heterocycles. The molecule has 0 saturated heterocycles. The molecule has 0 unspecified atom stereocenters. The third-order valence-corrected chi connectivity index (χ3v) is 4.44. The van der Waals surface area contributed by atoms with Crippen LogP contribution in [-0.2, 0) is 0 Å². The molecular weight excluding hydrogens is 282 g/mol. The number of nitrogens with one attached hydrogen (secondary N) is 1. The number of hydrogen-bond acceptors (Lipinski definition) is 3. The summed E-state index contributed by atoms with van der Waals surface area (Å²) in [6.45, 7) is 6.82. The second kappa shape index (κ2) is 8.11. The average Bonchev–Trinajstić information content (AvgIpc) is 2.47. The van der Waals surface area contributed by atoms with Crippen molar-refractivity contribution in [1.82, 2.24) is 5.32 Å². The first-order chi connectivity index (χ1) is 9.89. The van der Waals surface area contributed by atoms with E-state index in [1.165, 1.54) is 0 Å². The third-order valence-electron chi connectivity index (χ3n) is 3.19. The van der Waals surface area contributed by atoms with Crippen molar-refractivity contribution in [3.05, 3.63) is 34.9 Å². The Balaban J connectivity index is 2.82. The average molecular weight is 305 g/mol. The van der Waals surface area contributed by atoms with Gasteiger partial charge in [0.05, 0.1) is 6.61 Å². The molecule has 0 atom stereocenters. The largest absolute Gasteiger partial charge is 0.395 e. The molecule has 1 amide bonds. The highest BCUT2D eigenvalue weighted by molar-refractivity contribution is 7.99. The number of benzene rings is 1. The van der Waals surface area contributed by atoms with Gasteiger partial charge in [-0.15, -0.1) is 0 Å². The molecule has 1 aromatic rings. The number of thioether (sulfide) groups is 1. The van der Waals surface area contributed by atoms with Gasteiger partial charge in [0.25, 0.3) is 5.91 Å². The molecule has 0 radical (unpaired) electrons. The van der Waals surface area contributed by atoms with Gasteiger partial charge in [0.1, 0.15) is 0 Å². The molecule has 21 heavy (non-hydrogen) atoms. The summed E-state index contributed by atoms with van der Waals surface area (Å²) >= 11 is 1.72. The standard InChI is InChI=1S/C17H23NO2S/c1-13-8-9-15(11-14(13)7-5-6-10-19)16(20)18-12-17(2,3)21-4/h8-9,11,19H,6,10,12H2,1-4H3,(H,18,20). The Hall–Kier alpha value is -1.44. The van der Waals surface area contributed by atoms with E-state index in [0.717, 1.165) is 11.1 Å². The summed E-state index contributed by atoms with van der Waals surface area (Å²) in [7, 11) is 0. The van der Waals surface area contributed by atoms with E-state index in [9.17, 15) is 4.79 Å². The molecule has 2 N–H and O–H groups in total. The summed E-state index contributed by atoms with van der Waals surface area (Å²) in [6.07, 6.45) is 2.48. The van der Waals surface area contributed by atoms with Crippen molar-refractivity contribution in [2.75, 3.05) is 19.4 Å². The summed E-state index contributed by atoms with van der Waals surface area (Å²) in [5.74, 6) is 5.81. The molecule has 0 bridgehead atoms. The Morgan fingerprint density at radius 1 is 1.43 bits per heavy atom. The van der Waals surface area contributed by atoms with E-state index in [-0.39, 0.29) is 17.3 Å². The molecule has 1 rings (SSSR count). The zero-order valence-corrected chi connectivity index (χ0v) is 13.9. The normalized spacial score (nSPS) is 10.7. The summed E-state index contributed by atoms with van der Waals surface area (Å²) in [4.78, 5) is 12.2. The number of hydrogen-bond donors (Lipinski definition) is 2. The lowest BCUT2D eigenvalue weighted by atomic mass is 10.0. The highest BCUT2D eigenvalue weighted by Crippen LogP contribution is 2.19. The first kappa shape index (κ1) is 17.6. The van der Waals surface area contributed by atoms with E-state index in [0.29, 0.717) is 18.5 Å². The Labute approximate surface area is 131 Å². The fraction of sp³-hybridized carbons (Fsp3) is 0.471. The van der Waals surface area contributed by atoms with Gasteiger partial charge in [0.15, 0.2) is 0 Å². The van der Waals surface area contributed by atoms with Crippen LogP contribution in [-0.4, -0.2) is 35.2 Å². The Bertz CT molecular complexity index is 556. The SMILES string of the molecule is CSC(C)(C)CNC(=O)c1ccc(C)c(C#CCCO)c1. The lowest BCUT2D eigenvalue weighted by Crippen LogP contribution is -2.36. The Morgan fingerprint density at radius 3 is 2.76 bits per heavy atom. The maximum Gasteiger partial charge on any atom is 0.251 e. The zero-order valence-electron chi connectivity index (χ0n) is 13.1. The van der Waals surface area contributed by atoms with Crippen LogP contribution in [0.5, 0.6) is 0 Å². The van der Waals surface area contributed by atoms with E-state index < -0.39 is 0 Å². The molecule has 1 aromatic carbocycles.